The number of rotatable bonds is 5. The number of anilines is 2. The summed E-state index contributed by atoms with van der Waals surface area (Å²) in [7, 11) is 0. The standard InChI is InChI=1S/C27H36N6O3/c28-24(34)19-5-6-21-23(17-19)33(12-11-31-13-15-36-16-14-31)18-27(21)7-9-32(10-8-27)26-29-22-4-2-1-3-20(22)25(35)30-26/h5-6,17H,1-4,7-16,18H2,(H2,28,34)(H,29,30,35). The van der Waals surface area contributed by atoms with Gasteiger partial charge >= 0.3 is 0 Å². The zero-order valence-electron chi connectivity index (χ0n) is 20.9. The van der Waals surface area contributed by atoms with E-state index in [2.05, 4.69) is 25.8 Å². The van der Waals surface area contributed by atoms with E-state index in [-0.39, 0.29) is 16.9 Å². The Labute approximate surface area is 211 Å². The first-order chi connectivity index (χ1) is 17.5. The fourth-order valence-electron chi connectivity index (χ4n) is 6.53. The minimum absolute atomic E-state index is 0.0293. The van der Waals surface area contributed by atoms with Crippen molar-refractivity contribution in [2.24, 2.45) is 5.73 Å². The number of H-pyrrole nitrogens is 1. The van der Waals surface area contributed by atoms with E-state index in [4.69, 9.17) is 15.5 Å². The number of aromatic amines is 1. The number of aryl methyl sites for hydroxylation is 1. The molecule has 4 heterocycles. The SMILES string of the molecule is NC(=O)c1ccc2c(c1)N(CCN1CCOCC1)CC21CCN(c2nc3c(c(=O)[nH]2)CCCC3)CC1. The maximum atomic E-state index is 12.7. The minimum atomic E-state index is -0.385. The quantitative estimate of drug-likeness (QED) is 0.650. The number of hydrogen-bond acceptors (Lipinski definition) is 7. The summed E-state index contributed by atoms with van der Waals surface area (Å²) in [4.78, 5) is 39.7. The Bertz CT molecular complexity index is 1200. The van der Waals surface area contributed by atoms with Crippen molar-refractivity contribution in [1.82, 2.24) is 14.9 Å². The highest BCUT2D eigenvalue weighted by Gasteiger charge is 2.45. The highest BCUT2D eigenvalue weighted by Crippen LogP contribution is 2.47. The van der Waals surface area contributed by atoms with E-state index in [1.807, 2.05) is 12.1 Å². The predicted molar refractivity (Wildman–Crippen MR) is 139 cm³/mol. The first-order valence-electron chi connectivity index (χ1n) is 13.4. The van der Waals surface area contributed by atoms with Gasteiger partial charge in [0.25, 0.3) is 5.56 Å². The van der Waals surface area contributed by atoms with Crippen molar-refractivity contribution >= 4 is 17.5 Å². The molecule has 0 saturated carbocycles. The second-order valence-corrected chi connectivity index (χ2v) is 10.8. The molecule has 36 heavy (non-hydrogen) atoms. The van der Waals surface area contributed by atoms with Crippen LogP contribution in [0.2, 0.25) is 0 Å². The maximum Gasteiger partial charge on any atom is 0.255 e. The van der Waals surface area contributed by atoms with Crippen LogP contribution in [-0.2, 0) is 23.0 Å². The second kappa shape index (κ2) is 9.52. The van der Waals surface area contributed by atoms with Gasteiger partial charge in [-0.1, -0.05) is 6.07 Å². The smallest absolute Gasteiger partial charge is 0.255 e. The predicted octanol–water partition coefficient (Wildman–Crippen LogP) is 1.44. The van der Waals surface area contributed by atoms with Crippen LogP contribution in [0.25, 0.3) is 0 Å². The van der Waals surface area contributed by atoms with Crippen LogP contribution in [0, 0.1) is 0 Å². The van der Waals surface area contributed by atoms with Gasteiger partial charge in [0, 0.05) is 68.0 Å². The third-order valence-corrected chi connectivity index (χ3v) is 8.68. The molecular weight excluding hydrogens is 456 g/mol. The maximum absolute atomic E-state index is 12.7. The second-order valence-electron chi connectivity index (χ2n) is 10.8. The first kappa shape index (κ1) is 23.5. The van der Waals surface area contributed by atoms with Crippen molar-refractivity contribution in [3.63, 3.8) is 0 Å². The third-order valence-electron chi connectivity index (χ3n) is 8.68. The molecule has 3 aliphatic heterocycles. The Morgan fingerprint density at radius 2 is 1.86 bits per heavy atom. The van der Waals surface area contributed by atoms with E-state index >= 15 is 0 Å². The number of ether oxygens (including phenoxy) is 1. The Hall–Kier alpha value is -2.91. The molecule has 9 nitrogen and oxygen atoms in total. The summed E-state index contributed by atoms with van der Waals surface area (Å²) in [5.41, 5.74) is 10.6. The van der Waals surface area contributed by atoms with Gasteiger partial charge in [0.15, 0.2) is 0 Å². The van der Waals surface area contributed by atoms with E-state index in [1.165, 1.54) is 5.56 Å². The molecule has 0 radical (unpaired) electrons. The lowest BCUT2D eigenvalue weighted by Crippen LogP contribution is -2.47. The lowest BCUT2D eigenvalue weighted by Gasteiger charge is -2.40. The average Bonchev–Trinajstić information content (AvgIpc) is 3.20. The third kappa shape index (κ3) is 4.28. The summed E-state index contributed by atoms with van der Waals surface area (Å²) in [6.07, 6.45) is 5.87. The Balaban J connectivity index is 1.22. The number of nitrogens with one attached hydrogen (secondary N) is 1. The van der Waals surface area contributed by atoms with E-state index in [0.717, 1.165) is 120 Å². The number of nitrogens with two attached hydrogens (primary N) is 1. The molecule has 2 fully saturated rings. The van der Waals surface area contributed by atoms with Gasteiger partial charge in [0.2, 0.25) is 11.9 Å². The molecule has 1 aromatic carbocycles. The van der Waals surface area contributed by atoms with Gasteiger partial charge in [-0.15, -0.1) is 0 Å². The van der Waals surface area contributed by atoms with Crippen LogP contribution in [0.3, 0.4) is 0 Å². The van der Waals surface area contributed by atoms with Crippen molar-refractivity contribution in [3.8, 4) is 0 Å². The van der Waals surface area contributed by atoms with Crippen LogP contribution in [0.5, 0.6) is 0 Å². The molecule has 9 heteroatoms. The molecule has 192 valence electrons. The van der Waals surface area contributed by atoms with Gasteiger partial charge in [-0.3, -0.25) is 19.5 Å². The number of hydrogen-bond donors (Lipinski definition) is 2. The summed E-state index contributed by atoms with van der Waals surface area (Å²) in [6.45, 7) is 8.04. The Morgan fingerprint density at radius 3 is 2.64 bits per heavy atom. The molecule has 2 saturated heterocycles. The molecule has 0 atom stereocenters. The van der Waals surface area contributed by atoms with Crippen molar-refractivity contribution in [1.29, 1.82) is 0 Å². The van der Waals surface area contributed by atoms with Crippen molar-refractivity contribution in [3.05, 3.63) is 50.9 Å². The van der Waals surface area contributed by atoms with E-state index < -0.39 is 0 Å². The van der Waals surface area contributed by atoms with Crippen LogP contribution in [0.15, 0.2) is 23.0 Å². The largest absolute Gasteiger partial charge is 0.379 e. The Morgan fingerprint density at radius 1 is 1.08 bits per heavy atom. The van der Waals surface area contributed by atoms with E-state index in [0.29, 0.717) is 5.56 Å². The van der Waals surface area contributed by atoms with Gasteiger partial charge in [-0.25, -0.2) is 4.98 Å². The van der Waals surface area contributed by atoms with Gasteiger partial charge in [0.1, 0.15) is 0 Å². The van der Waals surface area contributed by atoms with Crippen LogP contribution in [0.4, 0.5) is 11.6 Å². The lowest BCUT2D eigenvalue weighted by molar-refractivity contribution is 0.0391. The van der Waals surface area contributed by atoms with Gasteiger partial charge in [-0.05, 0) is 56.2 Å². The molecular formula is C27H36N6O3. The molecule has 1 spiro atoms. The van der Waals surface area contributed by atoms with Crippen molar-refractivity contribution in [2.45, 2.75) is 43.9 Å². The summed E-state index contributed by atoms with van der Waals surface area (Å²) < 4.78 is 5.51. The van der Waals surface area contributed by atoms with Crippen molar-refractivity contribution < 1.29 is 9.53 Å². The number of morpholine rings is 1. The Kier molecular flexibility index (Phi) is 6.21. The number of amides is 1. The highest BCUT2D eigenvalue weighted by atomic mass is 16.5. The number of nitrogens with zero attached hydrogens (tertiary/aromatic N) is 4. The number of piperidine rings is 1. The minimum Gasteiger partial charge on any atom is -0.379 e. The van der Waals surface area contributed by atoms with Gasteiger partial charge < -0.3 is 20.3 Å². The molecule has 1 aromatic heterocycles. The number of fused-ring (bicyclic) bond motifs is 3. The van der Waals surface area contributed by atoms with E-state index in [9.17, 15) is 9.59 Å². The fourth-order valence-corrected chi connectivity index (χ4v) is 6.53. The number of aromatic nitrogens is 2. The molecule has 0 bridgehead atoms. The summed E-state index contributed by atoms with van der Waals surface area (Å²) >= 11 is 0. The van der Waals surface area contributed by atoms with Gasteiger partial charge in [0.05, 0.1) is 18.9 Å². The number of carbonyl (C=O) groups excluding carboxylic acids is 1. The van der Waals surface area contributed by atoms with E-state index in [1.54, 1.807) is 0 Å². The van der Waals surface area contributed by atoms with Crippen LogP contribution in [-0.4, -0.2) is 79.8 Å². The lowest BCUT2D eigenvalue weighted by atomic mass is 9.74. The summed E-state index contributed by atoms with van der Waals surface area (Å²) in [5.74, 6) is 0.339. The molecule has 3 N–H and O–H groups in total. The molecule has 1 aliphatic carbocycles. The zero-order chi connectivity index (χ0) is 24.7. The van der Waals surface area contributed by atoms with Crippen LogP contribution >= 0.6 is 0 Å². The first-order valence-corrected chi connectivity index (χ1v) is 13.4. The van der Waals surface area contributed by atoms with Gasteiger partial charge in [-0.2, -0.15) is 0 Å². The normalized spacial score (nSPS) is 21.4. The fraction of sp³-hybridized carbons (Fsp3) is 0.593. The van der Waals surface area contributed by atoms with Crippen molar-refractivity contribution in [2.75, 3.05) is 68.8 Å². The topological polar surface area (TPSA) is 108 Å². The highest BCUT2D eigenvalue weighted by molar-refractivity contribution is 5.94. The van der Waals surface area contributed by atoms with Crippen LogP contribution in [0.1, 0.15) is 52.9 Å². The number of carbonyl (C=O) groups is 1. The number of benzene rings is 1. The molecule has 4 aliphatic rings. The monoisotopic (exact) mass is 492 g/mol. The molecule has 2 aromatic rings. The average molecular weight is 493 g/mol. The zero-order valence-corrected chi connectivity index (χ0v) is 20.9. The molecule has 1 amide bonds. The summed E-state index contributed by atoms with van der Waals surface area (Å²) in [5, 5.41) is 0. The molecule has 6 rings (SSSR count). The molecule has 0 unspecified atom stereocenters. The number of primary amides is 1. The summed E-state index contributed by atoms with van der Waals surface area (Å²) in [6, 6.07) is 5.99. The van der Waals surface area contributed by atoms with Crippen LogP contribution < -0.4 is 21.1 Å².